The van der Waals surface area contributed by atoms with Crippen LogP contribution in [0.5, 0.6) is 0 Å². The van der Waals surface area contributed by atoms with E-state index in [1.54, 1.807) is 6.07 Å². The van der Waals surface area contributed by atoms with Crippen LogP contribution in [0.2, 0.25) is 0 Å². The van der Waals surface area contributed by atoms with Crippen LogP contribution >= 0.6 is 0 Å². The molecule has 1 atom stereocenters. The summed E-state index contributed by atoms with van der Waals surface area (Å²) in [7, 11) is 0. The molecule has 2 amide bonds. The molecule has 1 unspecified atom stereocenters. The number of aromatic nitrogens is 1. The molecule has 0 radical (unpaired) electrons. The lowest BCUT2D eigenvalue weighted by atomic mass is 10.1. The summed E-state index contributed by atoms with van der Waals surface area (Å²) >= 11 is 0. The topological polar surface area (TPSA) is 100 Å². The van der Waals surface area contributed by atoms with Gasteiger partial charge < -0.3 is 20.4 Å². The summed E-state index contributed by atoms with van der Waals surface area (Å²) in [6, 6.07) is 11.4. The van der Waals surface area contributed by atoms with Crippen LogP contribution in [-0.2, 0) is 14.3 Å². The van der Waals surface area contributed by atoms with E-state index in [-0.39, 0.29) is 18.1 Å². The first-order valence-electron chi connectivity index (χ1n) is 10.1. The number of ether oxygens (including phenoxy) is 1. The lowest BCUT2D eigenvalue weighted by Gasteiger charge is -2.14. The fourth-order valence-electron chi connectivity index (χ4n) is 3.49. The Kier molecular flexibility index (Phi) is 6.44. The zero-order valence-corrected chi connectivity index (χ0v) is 18.4. The predicted molar refractivity (Wildman–Crippen MR) is 120 cm³/mol. The van der Waals surface area contributed by atoms with E-state index in [9.17, 15) is 14.4 Å². The Hall–Kier alpha value is -3.61. The third-order valence-corrected chi connectivity index (χ3v) is 5.13. The van der Waals surface area contributed by atoms with Crippen molar-refractivity contribution in [3.05, 3.63) is 64.3 Å². The van der Waals surface area contributed by atoms with E-state index in [0.29, 0.717) is 0 Å². The van der Waals surface area contributed by atoms with Gasteiger partial charge in [0.25, 0.3) is 5.91 Å². The van der Waals surface area contributed by atoms with Gasteiger partial charge in [0.15, 0.2) is 6.10 Å². The molecule has 3 aromatic rings. The van der Waals surface area contributed by atoms with E-state index in [1.165, 1.54) is 6.92 Å². The number of amides is 2. The van der Waals surface area contributed by atoms with Crippen LogP contribution in [-0.4, -0.2) is 35.4 Å². The number of anilines is 1. The second kappa shape index (κ2) is 9.04. The number of para-hydroxylation sites is 1. The molecule has 0 aliphatic rings. The molecule has 0 saturated heterocycles. The Labute approximate surface area is 181 Å². The van der Waals surface area contributed by atoms with Gasteiger partial charge in [-0.2, -0.15) is 0 Å². The van der Waals surface area contributed by atoms with Crippen molar-refractivity contribution in [2.45, 2.75) is 40.7 Å². The van der Waals surface area contributed by atoms with Gasteiger partial charge in [0.05, 0.1) is 6.54 Å². The zero-order chi connectivity index (χ0) is 22.7. The quantitative estimate of drug-likeness (QED) is 0.528. The molecule has 162 valence electrons. The summed E-state index contributed by atoms with van der Waals surface area (Å²) in [4.78, 5) is 40.0. The van der Waals surface area contributed by atoms with E-state index in [2.05, 4.69) is 15.6 Å². The lowest BCUT2D eigenvalue weighted by Crippen LogP contribution is -2.40. The van der Waals surface area contributed by atoms with E-state index in [0.717, 1.165) is 38.8 Å². The summed E-state index contributed by atoms with van der Waals surface area (Å²) in [5.74, 6) is -1.53. The fraction of sp³-hybridized carbons (Fsp3) is 0.292. The molecular weight excluding hydrogens is 394 g/mol. The molecule has 0 saturated carbocycles. The van der Waals surface area contributed by atoms with Crippen molar-refractivity contribution in [3.8, 4) is 0 Å². The summed E-state index contributed by atoms with van der Waals surface area (Å²) in [5.41, 5.74) is 5.84. The Morgan fingerprint density at radius 2 is 1.68 bits per heavy atom. The number of nitrogens with one attached hydrogen (secondary N) is 3. The number of aryl methyl sites for hydroxylation is 4. The average molecular weight is 421 g/mol. The molecule has 0 bridgehead atoms. The first-order valence-corrected chi connectivity index (χ1v) is 10.1. The fourth-order valence-corrected chi connectivity index (χ4v) is 3.49. The van der Waals surface area contributed by atoms with Crippen molar-refractivity contribution >= 4 is 34.4 Å². The molecule has 3 rings (SSSR count). The highest BCUT2D eigenvalue weighted by atomic mass is 16.5. The number of hydrogen-bond acceptors (Lipinski definition) is 4. The predicted octanol–water partition coefficient (Wildman–Crippen LogP) is 3.70. The largest absolute Gasteiger partial charge is 0.448 e. The average Bonchev–Trinajstić information content (AvgIpc) is 3.13. The van der Waals surface area contributed by atoms with E-state index in [4.69, 9.17) is 4.74 Å². The van der Waals surface area contributed by atoms with E-state index in [1.807, 2.05) is 58.0 Å². The number of fused-ring (bicyclic) bond motifs is 1. The second-order valence-corrected chi connectivity index (χ2v) is 7.81. The molecule has 0 aliphatic heterocycles. The van der Waals surface area contributed by atoms with Gasteiger partial charge in [-0.25, -0.2) is 4.79 Å². The number of esters is 1. The van der Waals surface area contributed by atoms with Crippen molar-refractivity contribution in [2.75, 3.05) is 11.9 Å². The van der Waals surface area contributed by atoms with Gasteiger partial charge in [0.1, 0.15) is 5.69 Å². The van der Waals surface area contributed by atoms with Crippen LogP contribution in [0.3, 0.4) is 0 Å². The summed E-state index contributed by atoms with van der Waals surface area (Å²) in [6.07, 6.45) is -1.05. The number of carbonyl (C=O) groups excluding carboxylic acids is 3. The van der Waals surface area contributed by atoms with Crippen molar-refractivity contribution in [1.29, 1.82) is 0 Å². The van der Waals surface area contributed by atoms with Crippen LogP contribution in [0.25, 0.3) is 10.9 Å². The van der Waals surface area contributed by atoms with Gasteiger partial charge in [0.2, 0.25) is 5.91 Å². The maximum Gasteiger partial charge on any atom is 0.355 e. The highest BCUT2D eigenvalue weighted by Crippen LogP contribution is 2.22. The molecule has 7 nitrogen and oxygen atoms in total. The Morgan fingerprint density at radius 3 is 2.35 bits per heavy atom. The minimum atomic E-state index is -1.05. The van der Waals surface area contributed by atoms with Gasteiger partial charge in [-0.1, -0.05) is 24.3 Å². The third kappa shape index (κ3) is 5.12. The number of hydrogen-bond donors (Lipinski definition) is 3. The van der Waals surface area contributed by atoms with Gasteiger partial charge in [-0.15, -0.1) is 0 Å². The van der Waals surface area contributed by atoms with Gasteiger partial charge in [-0.05, 0) is 69.0 Å². The minimum Gasteiger partial charge on any atom is -0.448 e. The monoisotopic (exact) mass is 421 g/mol. The number of benzene rings is 2. The number of H-pyrrole nitrogens is 1. The van der Waals surface area contributed by atoms with Crippen LogP contribution < -0.4 is 10.6 Å². The first kappa shape index (κ1) is 22.1. The van der Waals surface area contributed by atoms with Crippen LogP contribution in [0.1, 0.15) is 39.7 Å². The summed E-state index contributed by atoms with van der Waals surface area (Å²) in [6.45, 7) is 8.99. The SMILES string of the molecule is Cc1cc(C)c2cc(C(=O)OC(C)C(=O)NCC(=O)Nc3c(C)cccc3C)[nH]c2c1. The Balaban J connectivity index is 1.56. The molecule has 1 heterocycles. The van der Waals surface area contributed by atoms with E-state index < -0.39 is 18.0 Å². The van der Waals surface area contributed by atoms with Crippen molar-refractivity contribution < 1.29 is 19.1 Å². The molecular formula is C24H27N3O4. The number of aromatic amines is 1. The number of carbonyl (C=O) groups is 3. The molecule has 0 aliphatic carbocycles. The van der Waals surface area contributed by atoms with Crippen molar-refractivity contribution in [2.24, 2.45) is 0 Å². The first-order chi connectivity index (χ1) is 14.7. The van der Waals surface area contributed by atoms with Gasteiger partial charge in [-0.3, -0.25) is 9.59 Å². The van der Waals surface area contributed by atoms with Crippen LogP contribution in [0.4, 0.5) is 5.69 Å². The van der Waals surface area contributed by atoms with Crippen molar-refractivity contribution in [1.82, 2.24) is 10.3 Å². The maximum absolute atomic E-state index is 12.5. The van der Waals surface area contributed by atoms with Crippen molar-refractivity contribution in [3.63, 3.8) is 0 Å². The minimum absolute atomic E-state index is 0.223. The highest BCUT2D eigenvalue weighted by molar-refractivity contribution is 5.98. The molecule has 2 aromatic carbocycles. The smallest absolute Gasteiger partial charge is 0.355 e. The molecule has 31 heavy (non-hydrogen) atoms. The van der Waals surface area contributed by atoms with Gasteiger partial charge in [0, 0.05) is 16.6 Å². The molecule has 1 aromatic heterocycles. The molecule has 3 N–H and O–H groups in total. The van der Waals surface area contributed by atoms with E-state index >= 15 is 0 Å². The molecule has 0 fully saturated rings. The zero-order valence-electron chi connectivity index (χ0n) is 18.4. The Bertz CT molecular complexity index is 1140. The van der Waals surface area contributed by atoms with Crippen LogP contribution in [0, 0.1) is 27.7 Å². The van der Waals surface area contributed by atoms with Gasteiger partial charge >= 0.3 is 5.97 Å². The normalized spacial score (nSPS) is 11.8. The standard InChI is InChI=1S/C24H27N3O4/c1-13-9-16(4)18-11-20(26-19(18)10-13)24(30)31-17(5)23(29)25-12-21(28)27-22-14(2)7-6-8-15(22)3/h6-11,17,26H,12H2,1-5H3,(H,25,29)(H,27,28). The van der Waals surface area contributed by atoms with Crippen LogP contribution in [0.15, 0.2) is 36.4 Å². The number of rotatable bonds is 6. The summed E-state index contributed by atoms with van der Waals surface area (Å²) in [5, 5.41) is 6.23. The molecule has 7 heteroatoms. The summed E-state index contributed by atoms with van der Waals surface area (Å²) < 4.78 is 5.27. The third-order valence-electron chi connectivity index (χ3n) is 5.13. The molecule has 0 spiro atoms. The lowest BCUT2D eigenvalue weighted by molar-refractivity contribution is -0.130. The Morgan fingerprint density at radius 1 is 1.00 bits per heavy atom. The maximum atomic E-state index is 12.5. The highest BCUT2D eigenvalue weighted by Gasteiger charge is 2.21. The second-order valence-electron chi connectivity index (χ2n) is 7.81.